The Bertz CT molecular complexity index is 612. The van der Waals surface area contributed by atoms with Gasteiger partial charge in [0, 0.05) is 37.7 Å². The minimum Gasteiger partial charge on any atom is -0.385 e. The van der Waals surface area contributed by atoms with Gasteiger partial charge in [-0.05, 0) is 37.6 Å². The minimum atomic E-state index is -0.106. The van der Waals surface area contributed by atoms with Crippen LogP contribution in [-0.4, -0.2) is 31.2 Å². The summed E-state index contributed by atoms with van der Waals surface area (Å²) >= 11 is 0. The highest BCUT2D eigenvalue weighted by molar-refractivity contribution is 5.94. The molecule has 0 radical (unpaired) electrons. The third-order valence-electron chi connectivity index (χ3n) is 3.16. The number of methoxy groups -OCH3 is 1. The Labute approximate surface area is 130 Å². The molecule has 0 unspecified atom stereocenters. The third kappa shape index (κ3) is 4.86. The third-order valence-corrected chi connectivity index (χ3v) is 3.16. The summed E-state index contributed by atoms with van der Waals surface area (Å²) < 4.78 is 4.95. The quantitative estimate of drug-likeness (QED) is 0.772. The number of hydrogen-bond acceptors (Lipinski definition) is 4. The molecule has 0 atom stereocenters. The number of amides is 1. The lowest BCUT2D eigenvalue weighted by Crippen LogP contribution is -2.25. The molecule has 22 heavy (non-hydrogen) atoms. The molecule has 0 fully saturated rings. The first-order valence-corrected chi connectivity index (χ1v) is 7.26. The highest BCUT2D eigenvalue weighted by Gasteiger charge is 2.06. The molecule has 0 saturated heterocycles. The molecule has 0 bridgehead atoms. The molecule has 5 heteroatoms. The number of pyridine rings is 1. The van der Waals surface area contributed by atoms with Crippen molar-refractivity contribution in [3.63, 3.8) is 0 Å². The van der Waals surface area contributed by atoms with Crippen molar-refractivity contribution in [2.24, 2.45) is 0 Å². The normalized spacial score (nSPS) is 10.3. The lowest BCUT2D eigenvalue weighted by atomic mass is 10.2. The molecule has 1 aromatic heterocycles. The Hall–Kier alpha value is -2.40. The fraction of sp³-hybridized carbons (Fsp3) is 0.294. The maximum absolute atomic E-state index is 12.0. The number of benzene rings is 1. The highest BCUT2D eigenvalue weighted by Crippen LogP contribution is 2.16. The van der Waals surface area contributed by atoms with Crippen LogP contribution in [0.2, 0.25) is 0 Å². The van der Waals surface area contributed by atoms with E-state index in [1.165, 1.54) is 5.56 Å². The fourth-order valence-electron chi connectivity index (χ4n) is 1.95. The lowest BCUT2D eigenvalue weighted by Gasteiger charge is -2.08. The molecule has 0 saturated carbocycles. The zero-order valence-corrected chi connectivity index (χ0v) is 12.9. The van der Waals surface area contributed by atoms with Gasteiger partial charge in [0.25, 0.3) is 5.91 Å². The van der Waals surface area contributed by atoms with Crippen LogP contribution in [0.25, 0.3) is 0 Å². The average Bonchev–Trinajstić information content (AvgIpc) is 2.54. The summed E-state index contributed by atoms with van der Waals surface area (Å²) in [5.41, 5.74) is 2.72. The number of nitrogens with zero attached hydrogens (tertiary/aromatic N) is 1. The second-order valence-corrected chi connectivity index (χ2v) is 5.02. The van der Waals surface area contributed by atoms with Gasteiger partial charge in [-0.25, -0.2) is 4.98 Å². The second kappa shape index (κ2) is 8.14. The molecule has 2 aromatic rings. The summed E-state index contributed by atoms with van der Waals surface area (Å²) in [4.78, 5) is 16.3. The molecule has 1 heterocycles. The van der Waals surface area contributed by atoms with Crippen molar-refractivity contribution in [2.45, 2.75) is 13.3 Å². The number of carbonyl (C=O) groups is 1. The van der Waals surface area contributed by atoms with Gasteiger partial charge in [-0.1, -0.05) is 17.7 Å². The van der Waals surface area contributed by atoms with Crippen molar-refractivity contribution in [1.29, 1.82) is 0 Å². The predicted octanol–water partition coefficient (Wildman–Crippen LogP) is 2.90. The van der Waals surface area contributed by atoms with E-state index in [0.717, 1.165) is 12.1 Å². The number of ether oxygens (including phenoxy) is 1. The van der Waals surface area contributed by atoms with E-state index in [0.29, 0.717) is 24.5 Å². The summed E-state index contributed by atoms with van der Waals surface area (Å²) in [5.74, 6) is 0.541. The van der Waals surface area contributed by atoms with E-state index >= 15 is 0 Å². The SMILES string of the molecule is COCCCNC(=O)c1ccnc(Nc2ccc(C)cc2)c1. The Kier molecular flexibility index (Phi) is 5.91. The van der Waals surface area contributed by atoms with E-state index in [1.807, 2.05) is 31.2 Å². The number of rotatable bonds is 7. The van der Waals surface area contributed by atoms with Gasteiger partial charge in [0.05, 0.1) is 0 Å². The summed E-state index contributed by atoms with van der Waals surface area (Å²) in [5, 5.41) is 6.05. The molecular formula is C17H21N3O2. The Morgan fingerprint density at radius 1 is 1.23 bits per heavy atom. The van der Waals surface area contributed by atoms with Crippen molar-refractivity contribution < 1.29 is 9.53 Å². The van der Waals surface area contributed by atoms with E-state index in [-0.39, 0.29) is 5.91 Å². The van der Waals surface area contributed by atoms with Gasteiger partial charge >= 0.3 is 0 Å². The number of hydrogen-bond donors (Lipinski definition) is 2. The van der Waals surface area contributed by atoms with Gasteiger partial charge < -0.3 is 15.4 Å². The number of aryl methyl sites for hydroxylation is 1. The van der Waals surface area contributed by atoms with Gasteiger partial charge in [-0.3, -0.25) is 4.79 Å². The van der Waals surface area contributed by atoms with Crippen molar-refractivity contribution in [1.82, 2.24) is 10.3 Å². The smallest absolute Gasteiger partial charge is 0.251 e. The first-order chi connectivity index (χ1) is 10.7. The van der Waals surface area contributed by atoms with Gasteiger partial charge in [-0.2, -0.15) is 0 Å². The standard InChI is InChI=1S/C17H21N3O2/c1-13-4-6-15(7-5-13)20-16-12-14(8-10-18-16)17(21)19-9-3-11-22-2/h4-8,10,12H,3,9,11H2,1-2H3,(H,18,20)(H,19,21). The Morgan fingerprint density at radius 2 is 2.00 bits per heavy atom. The van der Waals surface area contributed by atoms with Crippen LogP contribution in [0, 0.1) is 6.92 Å². The van der Waals surface area contributed by atoms with Crippen LogP contribution in [0.15, 0.2) is 42.6 Å². The maximum Gasteiger partial charge on any atom is 0.251 e. The largest absolute Gasteiger partial charge is 0.385 e. The molecule has 116 valence electrons. The Balaban J connectivity index is 1.97. The van der Waals surface area contributed by atoms with Gasteiger partial charge in [-0.15, -0.1) is 0 Å². The van der Waals surface area contributed by atoms with E-state index in [1.54, 1.807) is 25.4 Å². The van der Waals surface area contributed by atoms with Crippen LogP contribution in [0.5, 0.6) is 0 Å². The fourth-order valence-corrected chi connectivity index (χ4v) is 1.95. The van der Waals surface area contributed by atoms with Crippen LogP contribution in [0.3, 0.4) is 0 Å². The molecule has 1 amide bonds. The zero-order valence-electron chi connectivity index (χ0n) is 12.9. The summed E-state index contributed by atoms with van der Waals surface area (Å²) in [6, 6.07) is 11.4. The van der Waals surface area contributed by atoms with Gasteiger partial charge in [0.1, 0.15) is 5.82 Å². The van der Waals surface area contributed by atoms with Crippen molar-refractivity contribution in [3.05, 3.63) is 53.7 Å². The minimum absolute atomic E-state index is 0.106. The van der Waals surface area contributed by atoms with E-state index in [2.05, 4.69) is 15.6 Å². The van der Waals surface area contributed by atoms with Crippen molar-refractivity contribution >= 4 is 17.4 Å². The zero-order chi connectivity index (χ0) is 15.8. The molecule has 5 nitrogen and oxygen atoms in total. The van der Waals surface area contributed by atoms with Gasteiger partial charge in [0.15, 0.2) is 0 Å². The van der Waals surface area contributed by atoms with Gasteiger partial charge in [0.2, 0.25) is 0 Å². The molecule has 0 aliphatic carbocycles. The molecule has 0 spiro atoms. The van der Waals surface area contributed by atoms with Crippen LogP contribution >= 0.6 is 0 Å². The van der Waals surface area contributed by atoms with E-state index < -0.39 is 0 Å². The molecule has 0 aliphatic rings. The predicted molar refractivity (Wildman–Crippen MR) is 87.5 cm³/mol. The van der Waals surface area contributed by atoms with E-state index in [4.69, 9.17) is 4.74 Å². The lowest BCUT2D eigenvalue weighted by molar-refractivity contribution is 0.0948. The van der Waals surface area contributed by atoms with Crippen LogP contribution in [0.4, 0.5) is 11.5 Å². The van der Waals surface area contributed by atoms with Crippen LogP contribution in [0.1, 0.15) is 22.3 Å². The average molecular weight is 299 g/mol. The van der Waals surface area contributed by atoms with Crippen molar-refractivity contribution in [3.8, 4) is 0 Å². The Morgan fingerprint density at radius 3 is 2.73 bits per heavy atom. The highest BCUT2D eigenvalue weighted by atomic mass is 16.5. The molecular weight excluding hydrogens is 278 g/mol. The summed E-state index contributed by atoms with van der Waals surface area (Å²) in [6.07, 6.45) is 2.42. The number of anilines is 2. The first-order valence-electron chi connectivity index (χ1n) is 7.26. The van der Waals surface area contributed by atoms with Crippen molar-refractivity contribution in [2.75, 3.05) is 25.6 Å². The van der Waals surface area contributed by atoms with E-state index in [9.17, 15) is 4.79 Å². The molecule has 2 N–H and O–H groups in total. The number of carbonyl (C=O) groups excluding carboxylic acids is 1. The number of aromatic nitrogens is 1. The van der Waals surface area contributed by atoms with Crippen LogP contribution < -0.4 is 10.6 Å². The van der Waals surface area contributed by atoms with Crippen LogP contribution in [-0.2, 0) is 4.74 Å². The molecule has 0 aliphatic heterocycles. The number of nitrogens with one attached hydrogen (secondary N) is 2. The second-order valence-electron chi connectivity index (χ2n) is 5.02. The molecule has 2 rings (SSSR count). The maximum atomic E-state index is 12.0. The summed E-state index contributed by atoms with van der Waals surface area (Å²) in [7, 11) is 1.65. The molecule has 1 aromatic carbocycles. The first kappa shape index (κ1) is 16.0. The monoisotopic (exact) mass is 299 g/mol. The topological polar surface area (TPSA) is 63.2 Å². The summed E-state index contributed by atoms with van der Waals surface area (Å²) in [6.45, 7) is 3.27.